The van der Waals surface area contributed by atoms with Crippen LogP contribution in [-0.2, 0) is 11.3 Å². The number of hydrogen-bond acceptors (Lipinski definition) is 3. The molecule has 1 rings (SSSR count). The molecule has 1 aromatic carbocycles. The van der Waals surface area contributed by atoms with E-state index in [4.69, 9.17) is 9.84 Å². The molecule has 1 amide bonds. The molecule has 1 aromatic rings. The second-order valence-electron chi connectivity index (χ2n) is 3.97. The number of ether oxygens (including phenoxy) is 1. The van der Waals surface area contributed by atoms with Crippen LogP contribution in [0.1, 0.15) is 18.9 Å². The molecule has 18 heavy (non-hydrogen) atoms. The van der Waals surface area contributed by atoms with Gasteiger partial charge in [0.05, 0.1) is 19.6 Å². The summed E-state index contributed by atoms with van der Waals surface area (Å²) in [6.07, 6.45) is 0.569. The molecule has 0 radical (unpaired) electrons. The van der Waals surface area contributed by atoms with Crippen LogP contribution in [0.3, 0.4) is 0 Å². The largest absolute Gasteiger partial charge is 0.494 e. The first-order valence-electron chi connectivity index (χ1n) is 5.83. The first-order chi connectivity index (χ1) is 8.62. The molecule has 0 saturated heterocycles. The van der Waals surface area contributed by atoms with Crippen molar-refractivity contribution in [3.8, 4) is 5.75 Å². The van der Waals surface area contributed by atoms with Crippen molar-refractivity contribution in [3.63, 3.8) is 0 Å². The predicted molar refractivity (Wildman–Crippen MR) is 65.7 cm³/mol. The lowest BCUT2D eigenvalue weighted by molar-refractivity contribution is -0.126. The van der Waals surface area contributed by atoms with Gasteiger partial charge >= 0.3 is 0 Å². The summed E-state index contributed by atoms with van der Waals surface area (Å²) in [6, 6.07) is 4.52. The van der Waals surface area contributed by atoms with Crippen molar-refractivity contribution in [3.05, 3.63) is 29.6 Å². The van der Waals surface area contributed by atoms with Crippen LogP contribution in [0.15, 0.2) is 18.2 Å². The second kappa shape index (κ2) is 6.96. The van der Waals surface area contributed by atoms with Crippen LogP contribution in [0, 0.1) is 11.7 Å². The van der Waals surface area contributed by atoms with E-state index in [9.17, 15) is 9.18 Å². The summed E-state index contributed by atoms with van der Waals surface area (Å²) < 4.78 is 18.2. The Labute approximate surface area is 106 Å². The molecule has 1 unspecified atom stereocenters. The van der Waals surface area contributed by atoms with Crippen molar-refractivity contribution in [1.29, 1.82) is 0 Å². The van der Waals surface area contributed by atoms with E-state index >= 15 is 0 Å². The van der Waals surface area contributed by atoms with E-state index in [-0.39, 0.29) is 24.8 Å². The number of aliphatic hydroxyl groups excluding tert-OH is 1. The molecule has 4 nitrogen and oxygen atoms in total. The zero-order valence-electron chi connectivity index (χ0n) is 10.6. The van der Waals surface area contributed by atoms with E-state index in [1.54, 1.807) is 6.07 Å². The van der Waals surface area contributed by atoms with Crippen LogP contribution in [0.2, 0.25) is 0 Å². The SMILES string of the molecule is CCC(CO)C(=O)NCc1ccc(OC)c(F)c1. The highest BCUT2D eigenvalue weighted by atomic mass is 19.1. The quantitative estimate of drug-likeness (QED) is 0.809. The standard InChI is InChI=1S/C13H18FNO3/c1-3-10(8-16)13(17)15-7-9-4-5-12(18-2)11(14)6-9/h4-6,10,16H,3,7-8H2,1-2H3,(H,15,17). The van der Waals surface area contributed by atoms with Crippen molar-refractivity contribution in [1.82, 2.24) is 5.32 Å². The number of hydrogen-bond donors (Lipinski definition) is 2. The minimum absolute atomic E-state index is 0.173. The summed E-state index contributed by atoms with van der Waals surface area (Å²) in [5.74, 6) is -0.922. The first kappa shape index (κ1) is 14.4. The van der Waals surface area contributed by atoms with Crippen molar-refractivity contribution in [2.75, 3.05) is 13.7 Å². The Hall–Kier alpha value is -1.62. The van der Waals surface area contributed by atoms with Crippen molar-refractivity contribution in [2.45, 2.75) is 19.9 Å². The lowest BCUT2D eigenvalue weighted by Crippen LogP contribution is -2.31. The van der Waals surface area contributed by atoms with Gasteiger partial charge in [0, 0.05) is 6.54 Å². The van der Waals surface area contributed by atoms with E-state index in [1.165, 1.54) is 19.2 Å². The molecular formula is C13H18FNO3. The lowest BCUT2D eigenvalue weighted by atomic mass is 10.1. The van der Waals surface area contributed by atoms with Gasteiger partial charge in [-0.15, -0.1) is 0 Å². The topological polar surface area (TPSA) is 58.6 Å². The number of amides is 1. The molecule has 0 saturated carbocycles. The Kier molecular flexibility index (Phi) is 5.58. The summed E-state index contributed by atoms with van der Waals surface area (Å²) in [6.45, 7) is 1.88. The zero-order valence-corrected chi connectivity index (χ0v) is 10.6. The van der Waals surface area contributed by atoms with E-state index in [2.05, 4.69) is 5.32 Å². The maximum absolute atomic E-state index is 13.4. The fourth-order valence-corrected chi connectivity index (χ4v) is 1.55. The normalized spacial score (nSPS) is 12.0. The maximum atomic E-state index is 13.4. The molecule has 0 fully saturated rings. The van der Waals surface area contributed by atoms with E-state index in [1.807, 2.05) is 6.92 Å². The zero-order chi connectivity index (χ0) is 13.5. The Balaban J connectivity index is 2.58. The molecule has 0 bridgehead atoms. The summed E-state index contributed by atoms with van der Waals surface area (Å²) in [7, 11) is 1.40. The van der Waals surface area contributed by atoms with Gasteiger partial charge in [0.15, 0.2) is 11.6 Å². The molecule has 5 heteroatoms. The Morgan fingerprint density at radius 1 is 1.56 bits per heavy atom. The highest BCUT2D eigenvalue weighted by molar-refractivity contribution is 5.78. The van der Waals surface area contributed by atoms with E-state index < -0.39 is 11.7 Å². The highest BCUT2D eigenvalue weighted by Crippen LogP contribution is 2.17. The molecule has 0 aliphatic rings. The third-order valence-corrected chi connectivity index (χ3v) is 2.77. The number of benzene rings is 1. The summed E-state index contributed by atoms with van der Waals surface area (Å²) >= 11 is 0. The first-order valence-corrected chi connectivity index (χ1v) is 5.83. The third-order valence-electron chi connectivity index (χ3n) is 2.77. The van der Waals surface area contributed by atoms with Crippen LogP contribution in [0.4, 0.5) is 4.39 Å². The van der Waals surface area contributed by atoms with Crippen LogP contribution in [-0.4, -0.2) is 24.7 Å². The predicted octanol–water partition coefficient (Wildman–Crippen LogP) is 1.47. The van der Waals surface area contributed by atoms with Crippen LogP contribution in [0.25, 0.3) is 0 Å². The molecule has 2 N–H and O–H groups in total. The van der Waals surface area contributed by atoms with Gasteiger partial charge in [0.1, 0.15) is 0 Å². The number of nitrogens with one attached hydrogen (secondary N) is 1. The molecule has 1 atom stereocenters. The molecule has 100 valence electrons. The van der Waals surface area contributed by atoms with Gasteiger partial charge in [0.25, 0.3) is 0 Å². The average Bonchev–Trinajstić information content (AvgIpc) is 2.38. The smallest absolute Gasteiger partial charge is 0.225 e. The Morgan fingerprint density at radius 3 is 2.78 bits per heavy atom. The van der Waals surface area contributed by atoms with Crippen molar-refractivity contribution in [2.24, 2.45) is 5.92 Å². The number of aliphatic hydroxyl groups is 1. The number of halogens is 1. The van der Waals surface area contributed by atoms with Gasteiger partial charge in [-0.1, -0.05) is 13.0 Å². The fourth-order valence-electron chi connectivity index (χ4n) is 1.55. The van der Waals surface area contributed by atoms with Crippen LogP contribution < -0.4 is 10.1 Å². The van der Waals surface area contributed by atoms with Gasteiger partial charge < -0.3 is 15.2 Å². The highest BCUT2D eigenvalue weighted by Gasteiger charge is 2.14. The van der Waals surface area contributed by atoms with Crippen molar-refractivity contribution >= 4 is 5.91 Å². The van der Waals surface area contributed by atoms with Gasteiger partial charge in [-0.2, -0.15) is 0 Å². The number of carbonyl (C=O) groups excluding carboxylic acids is 1. The van der Waals surface area contributed by atoms with Crippen LogP contribution in [0.5, 0.6) is 5.75 Å². The van der Waals surface area contributed by atoms with Gasteiger partial charge in [0.2, 0.25) is 5.91 Å². The number of carbonyl (C=O) groups is 1. The molecule has 0 spiro atoms. The molecule has 0 aliphatic carbocycles. The monoisotopic (exact) mass is 255 g/mol. The van der Waals surface area contributed by atoms with Gasteiger partial charge in [-0.05, 0) is 24.1 Å². The minimum Gasteiger partial charge on any atom is -0.494 e. The average molecular weight is 255 g/mol. The minimum atomic E-state index is -0.460. The number of methoxy groups -OCH3 is 1. The Bertz CT molecular complexity index is 405. The van der Waals surface area contributed by atoms with Gasteiger partial charge in [-0.3, -0.25) is 4.79 Å². The second-order valence-corrected chi connectivity index (χ2v) is 3.97. The third kappa shape index (κ3) is 3.70. The van der Waals surface area contributed by atoms with Gasteiger partial charge in [-0.25, -0.2) is 4.39 Å². The summed E-state index contributed by atoms with van der Waals surface area (Å²) in [4.78, 5) is 11.6. The molecular weight excluding hydrogens is 237 g/mol. The summed E-state index contributed by atoms with van der Waals surface area (Å²) in [5.41, 5.74) is 0.648. The summed E-state index contributed by atoms with van der Waals surface area (Å²) in [5, 5.41) is 11.6. The molecule has 0 heterocycles. The van der Waals surface area contributed by atoms with Crippen LogP contribution >= 0.6 is 0 Å². The lowest BCUT2D eigenvalue weighted by Gasteiger charge is -2.12. The molecule has 0 aliphatic heterocycles. The Morgan fingerprint density at radius 2 is 2.28 bits per heavy atom. The van der Waals surface area contributed by atoms with Crippen molar-refractivity contribution < 1.29 is 19.0 Å². The number of rotatable bonds is 6. The fraction of sp³-hybridized carbons (Fsp3) is 0.462. The maximum Gasteiger partial charge on any atom is 0.225 e. The van der Waals surface area contributed by atoms with E-state index in [0.29, 0.717) is 12.0 Å². The molecule has 0 aromatic heterocycles. The van der Waals surface area contributed by atoms with E-state index in [0.717, 1.165) is 0 Å².